The molecule has 84 valence electrons. The molecule has 3 rings (SSSR count). The van der Waals surface area contributed by atoms with Crippen LogP contribution in [0.15, 0.2) is 59.0 Å². The van der Waals surface area contributed by atoms with Crippen molar-refractivity contribution < 1.29 is 4.42 Å². The number of fused-ring (bicyclic) bond motifs is 1. The number of benzene rings is 2. The van der Waals surface area contributed by atoms with Gasteiger partial charge in [0.05, 0.1) is 5.92 Å². The largest absolute Gasteiger partial charge is 0.440 e. The number of para-hydroxylation sites is 2. The van der Waals surface area contributed by atoms with Crippen molar-refractivity contribution in [3.8, 4) is 0 Å². The highest BCUT2D eigenvalue weighted by atomic mass is 16.3. The van der Waals surface area contributed by atoms with E-state index in [1.807, 2.05) is 42.5 Å². The zero-order chi connectivity index (χ0) is 11.7. The molecule has 0 aliphatic rings. The van der Waals surface area contributed by atoms with Crippen LogP contribution in [0.3, 0.4) is 0 Å². The first-order valence-corrected chi connectivity index (χ1v) is 5.75. The van der Waals surface area contributed by atoms with E-state index in [2.05, 4.69) is 24.0 Å². The maximum atomic E-state index is 5.77. The quantitative estimate of drug-likeness (QED) is 0.656. The molecule has 0 saturated carbocycles. The van der Waals surface area contributed by atoms with Crippen molar-refractivity contribution in [3.05, 3.63) is 66.1 Å². The van der Waals surface area contributed by atoms with Crippen molar-refractivity contribution in [1.29, 1.82) is 0 Å². The SMILES string of the molecule is CC(c1ccccc1)c1nc2ccccc2o1. The maximum absolute atomic E-state index is 5.77. The smallest absolute Gasteiger partial charge is 0.202 e. The molecule has 0 aliphatic carbocycles. The van der Waals surface area contributed by atoms with Gasteiger partial charge in [0.1, 0.15) is 5.52 Å². The molecule has 0 saturated heterocycles. The van der Waals surface area contributed by atoms with Crippen molar-refractivity contribution in [3.63, 3.8) is 0 Å². The van der Waals surface area contributed by atoms with Crippen molar-refractivity contribution in [2.24, 2.45) is 0 Å². The van der Waals surface area contributed by atoms with Crippen molar-refractivity contribution >= 4 is 11.1 Å². The third kappa shape index (κ3) is 1.82. The van der Waals surface area contributed by atoms with Crippen LogP contribution in [-0.4, -0.2) is 4.98 Å². The lowest BCUT2D eigenvalue weighted by Crippen LogP contribution is -1.95. The van der Waals surface area contributed by atoms with Gasteiger partial charge in [-0.15, -0.1) is 0 Å². The monoisotopic (exact) mass is 223 g/mol. The molecule has 0 bridgehead atoms. The predicted octanol–water partition coefficient (Wildman–Crippen LogP) is 3.98. The molecule has 0 radical (unpaired) electrons. The summed E-state index contributed by atoms with van der Waals surface area (Å²) in [6.07, 6.45) is 0. The van der Waals surface area contributed by atoms with E-state index in [4.69, 9.17) is 4.42 Å². The van der Waals surface area contributed by atoms with Crippen LogP contribution < -0.4 is 0 Å². The van der Waals surface area contributed by atoms with Crippen LogP contribution >= 0.6 is 0 Å². The molecule has 3 aromatic rings. The molecule has 2 aromatic carbocycles. The molecule has 2 heteroatoms. The summed E-state index contributed by atoms with van der Waals surface area (Å²) in [6.45, 7) is 2.11. The molecular formula is C15H13NO. The minimum atomic E-state index is 0.184. The Balaban J connectivity index is 2.04. The van der Waals surface area contributed by atoms with E-state index in [0.717, 1.165) is 17.0 Å². The standard InChI is InChI=1S/C15H13NO/c1-11(12-7-3-2-4-8-12)15-16-13-9-5-6-10-14(13)17-15/h2-11H,1H3. The third-order valence-corrected chi connectivity index (χ3v) is 2.98. The number of aromatic nitrogens is 1. The highest BCUT2D eigenvalue weighted by Gasteiger charge is 2.14. The molecule has 0 spiro atoms. The van der Waals surface area contributed by atoms with Crippen LogP contribution in [0.2, 0.25) is 0 Å². The maximum Gasteiger partial charge on any atom is 0.202 e. The van der Waals surface area contributed by atoms with Crippen LogP contribution in [0.1, 0.15) is 24.3 Å². The second-order valence-corrected chi connectivity index (χ2v) is 4.15. The molecule has 2 nitrogen and oxygen atoms in total. The lowest BCUT2D eigenvalue weighted by molar-refractivity contribution is 0.512. The van der Waals surface area contributed by atoms with Gasteiger partial charge in [-0.25, -0.2) is 4.98 Å². The Morgan fingerprint density at radius 3 is 2.41 bits per heavy atom. The molecule has 1 atom stereocenters. The normalized spacial score (nSPS) is 12.8. The number of nitrogens with zero attached hydrogens (tertiary/aromatic N) is 1. The Morgan fingerprint density at radius 1 is 0.941 bits per heavy atom. The van der Waals surface area contributed by atoms with Gasteiger partial charge in [0, 0.05) is 0 Å². The minimum Gasteiger partial charge on any atom is -0.440 e. The van der Waals surface area contributed by atoms with E-state index in [-0.39, 0.29) is 5.92 Å². The fraction of sp³-hybridized carbons (Fsp3) is 0.133. The Morgan fingerprint density at radius 2 is 1.65 bits per heavy atom. The summed E-state index contributed by atoms with van der Waals surface area (Å²) in [7, 11) is 0. The molecule has 1 heterocycles. The summed E-state index contributed by atoms with van der Waals surface area (Å²) >= 11 is 0. The summed E-state index contributed by atoms with van der Waals surface area (Å²) in [6, 6.07) is 18.1. The van der Waals surface area contributed by atoms with Gasteiger partial charge in [0.2, 0.25) is 5.89 Å². The van der Waals surface area contributed by atoms with Crippen LogP contribution in [0, 0.1) is 0 Å². The first-order valence-electron chi connectivity index (χ1n) is 5.75. The lowest BCUT2D eigenvalue weighted by atomic mass is 10.0. The summed E-state index contributed by atoms with van der Waals surface area (Å²) in [5.74, 6) is 0.959. The van der Waals surface area contributed by atoms with Crippen LogP contribution in [0.4, 0.5) is 0 Å². The summed E-state index contributed by atoms with van der Waals surface area (Å²) in [5.41, 5.74) is 3.00. The number of hydrogen-bond acceptors (Lipinski definition) is 2. The van der Waals surface area contributed by atoms with Gasteiger partial charge >= 0.3 is 0 Å². The Labute approximate surface area is 99.9 Å². The topological polar surface area (TPSA) is 26.0 Å². The van der Waals surface area contributed by atoms with Crippen LogP contribution in [0.25, 0.3) is 11.1 Å². The molecule has 0 N–H and O–H groups in total. The average Bonchev–Trinajstić information content (AvgIpc) is 2.82. The second kappa shape index (κ2) is 4.06. The summed E-state index contributed by atoms with van der Waals surface area (Å²) in [5, 5.41) is 0. The zero-order valence-electron chi connectivity index (χ0n) is 9.63. The van der Waals surface area contributed by atoms with Crippen LogP contribution in [0.5, 0.6) is 0 Å². The van der Waals surface area contributed by atoms with E-state index in [9.17, 15) is 0 Å². The molecule has 0 fully saturated rings. The van der Waals surface area contributed by atoms with E-state index in [0.29, 0.717) is 0 Å². The lowest BCUT2D eigenvalue weighted by Gasteiger charge is -2.06. The highest BCUT2D eigenvalue weighted by molar-refractivity contribution is 5.72. The number of oxazole rings is 1. The minimum absolute atomic E-state index is 0.184. The van der Waals surface area contributed by atoms with Gasteiger partial charge in [-0.05, 0) is 24.6 Å². The Kier molecular flexibility index (Phi) is 2.41. The number of hydrogen-bond donors (Lipinski definition) is 0. The van der Waals surface area contributed by atoms with Gasteiger partial charge in [0.15, 0.2) is 5.58 Å². The first-order chi connectivity index (χ1) is 8.34. The second-order valence-electron chi connectivity index (χ2n) is 4.15. The van der Waals surface area contributed by atoms with Gasteiger partial charge in [-0.3, -0.25) is 0 Å². The number of rotatable bonds is 2. The van der Waals surface area contributed by atoms with E-state index in [1.165, 1.54) is 5.56 Å². The average molecular weight is 223 g/mol. The summed E-state index contributed by atoms with van der Waals surface area (Å²) in [4.78, 5) is 4.52. The zero-order valence-corrected chi connectivity index (χ0v) is 9.63. The predicted molar refractivity (Wildman–Crippen MR) is 68.0 cm³/mol. The van der Waals surface area contributed by atoms with E-state index < -0.39 is 0 Å². The van der Waals surface area contributed by atoms with Crippen molar-refractivity contribution in [1.82, 2.24) is 4.98 Å². The molecule has 1 aromatic heterocycles. The molecule has 0 amide bonds. The van der Waals surface area contributed by atoms with Crippen molar-refractivity contribution in [2.45, 2.75) is 12.8 Å². The van der Waals surface area contributed by atoms with Crippen molar-refractivity contribution in [2.75, 3.05) is 0 Å². The van der Waals surface area contributed by atoms with E-state index >= 15 is 0 Å². The Hall–Kier alpha value is -2.09. The Bertz CT molecular complexity index is 594. The fourth-order valence-corrected chi connectivity index (χ4v) is 1.96. The molecule has 0 aliphatic heterocycles. The molecule has 1 unspecified atom stereocenters. The third-order valence-electron chi connectivity index (χ3n) is 2.98. The van der Waals surface area contributed by atoms with Gasteiger partial charge < -0.3 is 4.42 Å². The molecular weight excluding hydrogens is 210 g/mol. The first kappa shape index (κ1) is 10.1. The van der Waals surface area contributed by atoms with Gasteiger partial charge in [-0.2, -0.15) is 0 Å². The molecule has 17 heavy (non-hydrogen) atoms. The summed E-state index contributed by atoms with van der Waals surface area (Å²) < 4.78 is 5.77. The van der Waals surface area contributed by atoms with Gasteiger partial charge in [-0.1, -0.05) is 42.5 Å². The van der Waals surface area contributed by atoms with E-state index in [1.54, 1.807) is 0 Å². The van der Waals surface area contributed by atoms with Gasteiger partial charge in [0.25, 0.3) is 0 Å². The highest BCUT2D eigenvalue weighted by Crippen LogP contribution is 2.26. The fourth-order valence-electron chi connectivity index (χ4n) is 1.96. The van der Waals surface area contributed by atoms with Crippen LogP contribution in [-0.2, 0) is 0 Å².